The minimum Gasteiger partial charge on any atom is -0.507 e. The number of ketones is 1. The first-order chi connectivity index (χ1) is 17.4. The third-order valence-electron chi connectivity index (χ3n) is 6.78. The number of fused-ring (bicyclic) bond motifs is 3. The Labute approximate surface area is 208 Å². The van der Waals surface area contributed by atoms with E-state index in [-0.39, 0.29) is 36.1 Å². The van der Waals surface area contributed by atoms with Gasteiger partial charge in [-0.2, -0.15) is 0 Å². The van der Waals surface area contributed by atoms with E-state index in [9.17, 15) is 19.5 Å². The van der Waals surface area contributed by atoms with Gasteiger partial charge in [0, 0.05) is 24.3 Å². The van der Waals surface area contributed by atoms with E-state index in [1.165, 1.54) is 0 Å². The lowest BCUT2D eigenvalue weighted by Gasteiger charge is -2.27. The Balaban J connectivity index is 1.59. The summed E-state index contributed by atoms with van der Waals surface area (Å²) in [5, 5.41) is 11.5. The van der Waals surface area contributed by atoms with Crippen LogP contribution in [0.25, 0.3) is 6.08 Å². The number of phenols is 1. The largest absolute Gasteiger partial charge is 0.507 e. The van der Waals surface area contributed by atoms with Crippen LogP contribution < -0.4 is 14.2 Å². The van der Waals surface area contributed by atoms with Crippen LogP contribution in [0.15, 0.2) is 30.3 Å². The topological polar surface area (TPSA) is 108 Å². The highest BCUT2D eigenvalue weighted by atomic mass is 16.7. The van der Waals surface area contributed by atoms with Gasteiger partial charge in [0.15, 0.2) is 11.5 Å². The second-order valence-electron chi connectivity index (χ2n) is 9.39. The molecule has 188 valence electrons. The van der Waals surface area contributed by atoms with Crippen LogP contribution in [-0.4, -0.2) is 35.7 Å². The first-order valence-corrected chi connectivity index (χ1v) is 12.3. The van der Waals surface area contributed by atoms with Crippen LogP contribution in [-0.2, 0) is 14.3 Å². The molecule has 3 aliphatic rings. The number of hydrogen-bond acceptors (Lipinski definition) is 8. The summed E-state index contributed by atoms with van der Waals surface area (Å²) < 4.78 is 22.1. The number of cyclic esters (lactones) is 1. The molecule has 5 rings (SSSR count). The number of aromatic hydroxyl groups is 1. The van der Waals surface area contributed by atoms with Gasteiger partial charge in [0.2, 0.25) is 6.79 Å². The van der Waals surface area contributed by atoms with Crippen molar-refractivity contribution >= 4 is 23.8 Å². The van der Waals surface area contributed by atoms with Crippen molar-refractivity contribution in [3.8, 4) is 23.0 Å². The van der Waals surface area contributed by atoms with Crippen LogP contribution in [0.1, 0.15) is 84.8 Å². The molecule has 0 aromatic heterocycles. The highest BCUT2D eigenvalue weighted by Crippen LogP contribution is 2.48. The Bertz CT molecular complexity index is 1240. The number of rotatable bonds is 1. The van der Waals surface area contributed by atoms with Crippen molar-refractivity contribution < 1.29 is 38.4 Å². The molecule has 36 heavy (non-hydrogen) atoms. The van der Waals surface area contributed by atoms with Crippen LogP contribution in [0.3, 0.4) is 0 Å². The van der Waals surface area contributed by atoms with Crippen molar-refractivity contribution in [2.24, 2.45) is 0 Å². The number of hydrogen-bond donors (Lipinski definition) is 1. The summed E-state index contributed by atoms with van der Waals surface area (Å²) >= 11 is 0. The fourth-order valence-electron chi connectivity index (χ4n) is 4.93. The molecule has 0 bridgehead atoms. The maximum absolute atomic E-state index is 13.3. The zero-order valence-electron chi connectivity index (χ0n) is 20.1. The van der Waals surface area contributed by atoms with Gasteiger partial charge in [-0.15, -0.1) is 0 Å². The molecule has 0 fully saturated rings. The van der Waals surface area contributed by atoms with E-state index < -0.39 is 24.0 Å². The number of carbonyl (C=O) groups is 3. The Kier molecular flexibility index (Phi) is 6.67. The summed E-state index contributed by atoms with van der Waals surface area (Å²) in [7, 11) is 0. The van der Waals surface area contributed by atoms with E-state index in [1.807, 2.05) is 12.1 Å². The Hall–Kier alpha value is -3.81. The van der Waals surface area contributed by atoms with E-state index >= 15 is 0 Å². The lowest BCUT2D eigenvalue weighted by molar-refractivity contribution is -0.135. The standard InChI is InChI=1S/C28H28O8/c1-16-6-5-9-19(29)8-4-2-3-7-18-13-23-26(27(31)25(18)28(32)35-16)20(14-24(30)36-23)17-10-11-21-22(12-17)34-15-33-21/h3,7,10-13,16,20,31H,2,4-6,8-9,14-15H2,1H3. The van der Waals surface area contributed by atoms with Gasteiger partial charge in [-0.1, -0.05) is 18.2 Å². The van der Waals surface area contributed by atoms with Crippen LogP contribution >= 0.6 is 0 Å². The summed E-state index contributed by atoms with van der Waals surface area (Å²) in [4.78, 5) is 37.9. The predicted octanol–water partition coefficient (Wildman–Crippen LogP) is 5.04. The van der Waals surface area contributed by atoms with Crippen molar-refractivity contribution in [1.29, 1.82) is 0 Å². The van der Waals surface area contributed by atoms with Crippen molar-refractivity contribution in [2.45, 2.75) is 63.9 Å². The minimum absolute atomic E-state index is 0.00565. The lowest BCUT2D eigenvalue weighted by Crippen LogP contribution is -2.23. The van der Waals surface area contributed by atoms with Crippen LogP contribution in [0, 0.1) is 0 Å². The second kappa shape index (κ2) is 10.0. The SMILES string of the molecule is CC1CCCC(=O)CCCC=Cc2cc3c(c(O)c2C(=O)O1)C(c1ccc2c(c1)OCO2)CC(=O)O3. The summed E-state index contributed by atoms with van der Waals surface area (Å²) in [5.41, 5.74) is 1.52. The van der Waals surface area contributed by atoms with Gasteiger partial charge in [-0.3, -0.25) is 9.59 Å². The molecule has 2 unspecified atom stereocenters. The van der Waals surface area contributed by atoms with Crippen molar-refractivity contribution in [1.82, 2.24) is 0 Å². The van der Waals surface area contributed by atoms with Crippen molar-refractivity contribution in [3.05, 3.63) is 52.6 Å². The molecule has 8 heteroatoms. The van der Waals surface area contributed by atoms with Gasteiger partial charge in [-0.05, 0) is 61.9 Å². The van der Waals surface area contributed by atoms with E-state index in [1.54, 1.807) is 31.2 Å². The Morgan fingerprint density at radius 1 is 0.972 bits per heavy atom. The highest BCUT2D eigenvalue weighted by molar-refractivity contribution is 5.98. The molecule has 2 aromatic rings. The average molecular weight is 493 g/mol. The first kappa shape index (κ1) is 23.9. The number of Topliss-reactive ketones (excluding diaryl/α,β-unsaturated/α-hetero) is 1. The van der Waals surface area contributed by atoms with E-state index in [2.05, 4.69) is 0 Å². The fraction of sp³-hybridized carbons (Fsp3) is 0.393. The quantitative estimate of drug-likeness (QED) is 0.436. The highest BCUT2D eigenvalue weighted by Gasteiger charge is 2.36. The van der Waals surface area contributed by atoms with Crippen LogP contribution in [0.4, 0.5) is 0 Å². The van der Waals surface area contributed by atoms with E-state index in [0.29, 0.717) is 61.2 Å². The summed E-state index contributed by atoms with van der Waals surface area (Å²) in [6.07, 6.45) is 6.59. The van der Waals surface area contributed by atoms with E-state index in [0.717, 1.165) is 5.56 Å². The number of allylic oxidation sites excluding steroid dienone is 1. The molecule has 0 radical (unpaired) electrons. The molecule has 3 aliphatic heterocycles. The Morgan fingerprint density at radius 2 is 1.78 bits per heavy atom. The third kappa shape index (κ3) is 4.80. The van der Waals surface area contributed by atoms with Gasteiger partial charge in [0.25, 0.3) is 0 Å². The number of carbonyl (C=O) groups excluding carboxylic acids is 3. The maximum atomic E-state index is 13.3. The fourth-order valence-corrected chi connectivity index (χ4v) is 4.93. The third-order valence-corrected chi connectivity index (χ3v) is 6.78. The molecule has 2 aromatic carbocycles. The molecule has 0 amide bonds. The van der Waals surface area contributed by atoms with Gasteiger partial charge in [0.05, 0.1) is 12.5 Å². The van der Waals surface area contributed by atoms with Gasteiger partial charge < -0.3 is 24.1 Å². The summed E-state index contributed by atoms with van der Waals surface area (Å²) in [5.74, 6) is -0.345. The molecule has 3 heterocycles. The lowest BCUT2D eigenvalue weighted by atomic mass is 9.83. The van der Waals surface area contributed by atoms with Crippen LogP contribution in [0.5, 0.6) is 23.0 Å². The van der Waals surface area contributed by atoms with Crippen LogP contribution in [0.2, 0.25) is 0 Å². The smallest absolute Gasteiger partial charge is 0.342 e. The normalized spacial score (nSPS) is 22.2. The summed E-state index contributed by atoms with van der Waals surface area (Å²) in [6, 6.07) is 6.95. The molecule has 0 spiro atoms. The molecule has 2 atom stereocenters. The van der Waals surface area contributed by atoms with Gasteiger partial charge in [-0.25, -0.2) is 4.79 Å². The Morgan fingerprint density at radius 3 is 2.64 bits per heavy atom. The summed E-state index contributed by atoms with van der Waals surface area (Å²) in [6.45, 7) is 1.89. The molecular formula is C28H28O8. The molecule has 0 aliphatic carbocycles. The van der Waals surface area contributed by atoms with Gasteiger partial charge in [0.1, 0.15) is 22.8 Å². The zero-order valence-corrected chi connectivity index (χ0v) is 20.1. The monoisotopic (exact) mass is 492 g/mol. The molecule has 0 saturated carbocycles. The number of ether oxygens (including phenoxy) is 4. The average Bonchev–Trinajstić information content (AvgIpc) is 3.30. The molecule has 1 N–H and O–H groups in total. The van der Waals surface area contributed by atoms with Gasteiger partial charge >= 0.3 is 11.9 Å². The number of esters is 2. The van der Waals surface area contributed by atoms with Crippen molar-refractivity contribution in [2.75, 3.05) is 6.79 Å². The maximum Gasteiger partial charge on any atom is 0.342 e. The number of phenolic OH excluding ortho intramolecular Hbond substituents is 1. The molecule has 8 nitrogen and oxygen atoms in total. The van der Waals surface area contributed by atoms with Crippen molar-refractivity contribution in [3.63, 3.8) is 0 Å². The second-order valence-corrected chi connectivity index (χ2v) is 9.39. The first-order valence-electron chi connectivity index (χ1n) is 12.3. The van der Waals surface area contributed by atoms with E-state index in [4.69, 9.17) is 18.9 Å². The molecule has 0 saturated heterocycles. The minimum atomic E-state index is -0.660. The molecular weight excluding hydrogens is 464 g/mol. The zero-order chi connectivity index (χ0) is 25.2. The predicted molar refractivity (Wildman–Crippen MR) is 129 cm³/mol. The number of benzene rings is 2.